The molecule has 2 fully saturated rings. The molecule has 2 amide bonds. The van der Waals surface area contributed by atoms with Crippen molar-refractivity contribution in [1.82, 2.24) is 9.80 Å². The van der Waals surface area contributed by atoms with Gasteiger partial charge in [0.25, 0.3) is 0 Å². The Morgan fingerprint density at radius 3 is 1.21 bits per heavy atom. The lowest BCUT2D eigenvalue weighted by atomic mass is 9.68. The topological polar surface area (TPSA) is 59.1 Å². The molecule has 2 saturated heterocycles. The SMILES string of the molecule is CCC1(C)CC(O[Si](OC2CC(C)(CC)N(C(C)=O)C(C)(CC)C2C)(c2ccccc2)c2ccccc2)C(C)C(C)(CC)N1C(C)=O. The normalized spacial score (nSPS) is 34.7. The number of piperidine rings is 2. The van der Waals surface area contributed by atoms with Crippen LogP contribution in [0.1, 0.15) is 122 Å². The minimum atomic E-state index is -3.41. The van der Waals surface area contributed by atoms with E-state index >= 15 is 0 Å². The summed E-state index contributed by atoms with van der Waals surface area (Å²) in [5, 5.41) is 2.17. The highest BCUT2D eigenvalue weighted by molar-refractivity contribution is 6.92. The lowest BCUT2D eigenvalue weighted by molar-refractivity contribution is -0.172. The van der Waals surface area contributed by atoms with Gasteiger partial charge in [-0.25, -0.2) is 0 Å². The van der Waals surface area contributed by atoms with Gasteiger partial charge in [0.05, 0.1) is 12.2 Å². The molecule has 7 heteroatoms. The predicted octanol–water partition coefficient (Wildman–Crippen LogP) is 7.46. The fraction of sp³-hybridized carbons (Fsp3) is 0.650. The van der Waals surface area contributed by atoms with Gasteiger partial charge in [-0.15, -0.1) is 0 Å². The maximum Gasteiger partial charge on any atom is 0.407 e. The Kier molecular flexibility index (Phi) is 11.0. The molecule has 2 heterocycles. The van der Waals surface area contributed by atoms with Crippen molar-refractivity contribution in [3.63, 3.8) is 0 Å². The zero-order valence-corrected chi connectivity index (χ0v) is 32.4. The molecule has 4 rings (SSSR count). The minimum absolute atomic E-state index is 0.0673. The molecule has 2 aliphatic heterocycles. The second-order valence-electron chi connectivity index (χ2n) is 15.5. The number of hydrogen-bond acceptors (Lipinski definition) is 4. The number of carbonyl (C=O) groups is 2. The van der Waals surface area contributed by atoms with Crippen LogP contribution in [0.15, 0.2) is 60.7 Å². The van der Waals surface area contributed by atoms with Gasteiger partial charge in [0.1, 0.15) is 0 Å². The van der Waals surface area contributed by atoms with E-state index in [4.69, 9.17) is 8.85 Å². The van der Waals surface area contributed by atoms with Crippen molar-refractivity contribution in [2.45, 2.75) is 156 Å². The number of carbonyl (C=O) groups excluding carboxylic acids is 2. The van der Waals surface area contributed by atoms with Gasteiger partial charge in [-0.3, -0.25) is 9.59 Å². The molecular weight excluding hydrogens is 601 g/mol. The summed E-state index contributed by atoms with van der Waals surface area (Å²) in [5.41, 5.74) is -1.48. The maximum absolute atomic E-state index is 13.3. The van der Waals surface area contributed by atoms with Crippen molar-refractivity contribution in [3.05, 3.63) is 60.7 Å². The number of amides is 2. The molecule has 0 saturated carbocycles. The fourth-order valence-electron chi connectivity index (χ4n) is 9.38. The summed E-state index contributed by atoms with van der Waals surface area (Å²) in [6, 6.07) is 21.2. The van der Waals surface area contributed by atoms with E-state index in [1.54, 1.807) is 13.8 Å². The van der Waals surface area contributed by atoms with Crippen LogP contribution >= 0.6 is 0 Å². The molecule has 8 atom stereocenters. The van der Waals surface area contributed by atoms with Crippen LogP contribution in [0.25, 0.3) is 0 Å². The summed E-state index contributed by atoms with van der Waals surface area (Å²) in [5.74, 6) is 0.382. The fourth-order valence-corrected chi connectivity index (χ4v) is 13.0. The first kappa shape index (κ1) is 37.3. The molecule has 260 valence electrons. The third kappa shape index (κ3) is 6.25. The van der Waals surface area contributed by atoms with Crippen molar-refractivity contribution in [1.29, 1.82) is 0 Å². The molecule has 2 aromatic rings. The van der Waals surface area contributed by atoms with Crippen LogP contribution in [-0.4, -0.2) is 64.5 Å². The highest BCUT2D eigenvalue weighted by Gasteiger charge is 2.60. The molecule has 2 aromatic carbocycles. The monoisotopic (exact) mass is 662 g/mol. The van der Waals surface area contributed by atoms with Crippen LogP contribution in [-0.2, 0) is 18.4 Å². The van der Waals surface area contributed by atoms with E-state index in [0.29, 0.717) is 0 Å². The summed E-state index contributed by atoms with van der Waals surface area (Å²) in [6.45, 7) is 25.7. The summed E-state index contributed by atoms with van der Waals surface area (Å²) in [4.78, 5) is 31.0. The smallest absolute Gasteiger partial charge is 0.384 e. The van der Waals surface area contributed by atoms with Gasteiger partial charge in [0.2, 0.25) is 11.8 Å². The number of hydrogen-bond donors (Lipinski definition) is 0. The van der Waals surface area contributed by atoms with Crippen LogP contribution in [0, 0.1) is 11.8 Å². The van der Waals surface area contributed by atoms with Gasteiger partial charge in [-0.2, -0.15) is 0 Å². The van der Waals surface area contributed by atoms with Crippen molar-refractivity contribution in [2.24, 2.45) is 11.8 Å². The average Bonchev–Trinajstić information content (AvgIpc) is 3.05. The predicted molar refractivity (Wildman–Crippen MR) is 195 cm³/mol. The quantitative estimate of drug-likeness (QED) is 0.248. The van der Waals surface area contributed by atoms with Gasteiger partial charge in [-0.05, 0) is 76.6 Å². The average molecular weight is 663 g/mol. The lowest BCUT2D eigenvalue weighted by Gasteiger charge is -2.62. The Bertz CT molecular complexity index is 1280. The van der Waals surface area contributed by atoms with E-state index in [2.05, 4.69) is 140 Å². The first-order valence-electron chi connectivity index (χ1n) is 18.1. The third-order valence-electron chi connectivity index (χ3n) is 13.0. The van der Waals surface area contributed by atoms with Gasteiger partial charge in [0, 0.05) is 47.8 Å². The molecule has 0 N–H and O–H groups in total. The first-order valence-corrected chi connectivity index (χ1v) is 19.9. The molecule has 0 radical (unpaired) electrons. The molecule has 0 spiro atoms. The summed E-state index contributed by atoms with van der Waals surface area (Å²) >= 11 is 0. The van der Waals surface area contributed by atoms with Gasteiger partial charge in [-0.1, -0.05) is 102 Å². The zero-order chi connectivity index (χ0) is 35.0. The number of rotatable bonds is 10. The molecule has 0 bridgehead atoms. The van der Waals surface area contributed by atoms with Crippen molar-refractivity contribution >= 4 is 30.7 Å². The van der Waals surface area contributed by atoms with Crippen molar-refractivity contribution < 1.29 is 18.4 Å². The standard InChI is InChI=1S/C40H62N2O4Si/c1-13-37(9)27-35(29(5)39(11,15-3)41(37)31(7)43)45-47(33-23-19-17-20-24-33,34-25-21-18-22-26-34)46-36-28-38(10,14-2)42(32(8)44)40(12,16-4)30(36)6/h17-26,29-30,35-36H,13-16,27-28H2,1-12H3. The van der Waals surface area contributed by atoms with Crippen LogP contribution < -0.4 is 10.4 Å². The van der Waals surface area contributed by atoms with Gasteiger partial charge >= 0.3 is 8.56 Å². The van der Waals surface area contributed by atoms with Gasteiger partial charge < -0.3 is 18.7 Å². The van der Waals surface area contributed by atoms with Crippen LogP contribution in [0.3, 0.4) is 0 Å². The Hall–Kier alpha value is -2.48. The first-order chi connectivity index (χ1) is 22.0. The number of benzene rings is 2. The molecular formula is C40H62N2O4Si. The van der Waals surface area contributed by atoms with E-state index in [1.165, 1.54) is 0 Å². The highest BCUT2D eigenvalue weighted by Crippen LogP contribution is 2.50. The molecule has 47 heavy (non-hydrogen) atoms. The molecule has 0 aromatic heterocycles. The number of likely N-dealkylation sites (tertiary alicyclic amines) is 2. The molecule has 2 aliphatic rings. The Morgan fingerprint density at radius 1 is 0.638 bits per heavy atom. The maximum atomic E-state index is 13.3. The van der Waals surface area contributed by atoms with Crippen LogP contribution in [0.2, 0.25) is 0 Å². The van der Waals surface area contributed by atoms with E-state index in [0.717, 1.165) is 48.9 Å². The van der Waals surface area contributed by atoms with E-state index in [1.807, 2.05) is 0 Å². The zero-order valence-electron chi connectivity index (χ0n) is 31.4. The number of nitrogens with zero attached hydrogens (tertiary/aromatic N) is 2. The van der Waals surface area contributed by atoms with E-state index in [-0.39, 0.29) is 58.0 Å². The summed E-state index contributed by atoms with van der Waals surface area (Å²) in [7, 11) is -3.41. The van der Waals surface area contributed by atoms with E-state index in [9.17, 15) is 9.59 Å². The van der Waals surface area contributed by atoms with Crippen LogP contribution in [0.4, 0.5) is 0 Å². The van der Waals surface area contributed by atoms with Crippen molar-refractivity contribution in [2.75, 3.05) is 0 Å². The minimum Gasteiger partial charge on any atom is -0.384 e. The Balaban J connectivity index is 1.95. The molecule has 0 aliphatic carbocycles. The Labute approximate surface area is 286 Å². The van der Waals surface area contributed by atoms with Gasteiger partial charge in [0.15, 0.2) is 0 Å². The second-order valence-corrected chi connectivity index (χ2v) is 18.3. The lowest BCUT2D eigenvalue weighted by Crippen LogP contribution is -2.75. The Morgan fingerprint density at radius 2 is 0.957 bits per heavy atom. The largest absolute Gasteiger partial charge is 0.407 e. The molecule has 8 unspecified atom stereocenters. The van der Waals surface area contributed by atoms with Crippen molar-refractivity contribution in [3.8, 4) is 0 Å². The van der Waals surface area contributed by atoms with Crippen LogP contribution in [0.5, 0.6) is 0 Å². The summed E-state index contributed by atoms with van der Waals surface area (Å²) in [6.07, 6.45) is 4.52. The third-order valence-corrected chi connectivity index (χ3v) is 16.4. The summed E-state index contributed by atoms with van der Waals surface area (Å²) < 4.78 is 15.6. The second kappa shape index (κ2) is 13.8. The van der Waals surface area contributed by atoms with E-state index < -0.39 is 8.56 Å². The molecule has 6 nitrogen and oxygen atoms in total. The highest BCUT2D eigenvalue weighted by atomic mass is 28.4.